The van der Waals surface area contributed by atoms with E-state index in [2.05, 4.69) is 0 Å². The number of alkyl halides is 1. The lowest BCUT2D eigenvalue weighted by Crippen LogP contribution is -1.88. The normalized spacial score (nSPS) is 13.6. The van der Waals surface area contributed by atoms with Gasteiger partial charge in [-0.25, -0.2) is 0 Å². The first-order chi connectivity index (χ1) is 5.04. The van der Waals surface area contributed by atoms with Crippen LogP contribution >= 0.6 is 11.6 Å². The molecule has 0 N–H and O–H groups in total. The second-order valence-electron chi connectivity index (χ2n) is 1.02. The van der Waals surface area contributed by atoms with Gasteiger partial charge in [-0.3, -0.25) is 8.42 Å². The first kappa shape index (κ1) is 13.6. The SMILES string of the molecule is N#CCS(=O)[O-].O=S([O-])CCl. The Morgan fingerprint density at radius 2 is 1.73 bits per heavy atom. The Balaban J connectivity index is 0. The standard InChI is InChI=1S/C2H3NO2S.CH3ClO2S/c3-1-2-6(4)5;2-1-5(3)4/h2H2,(H,4,5);1H2,(H,3,4)/p-2. The first-order valence-electron chi connectivity index (χ1n) is 2.09. The fourth-order valence-electron chi connectivity index (χ4n) is 0.0527. The lowest BCUT2D eigenvalue weighted by molar-refractivity contribution is 0.539. The van der Waals surface area contributed by atoms with Crippen molar-refractivity contribution in [3.8, 4) is 6.07 Å². The number of nitriles is 1. The van der Waals surface area contributed by atoms with Gasteiger partial charge in [-0.05, 0) is 22.2 Å². The third-order valence-electron chi connectivity index (χ3n) is 0.271. The van der Waals surface area contributed by atoms with Gasteiger partial charge in [0.2, 0.25) is 0 Å². The van der Waals surface area contributed by atoms with Crippen molar-refractivity contribution in [2.24, 2.45) is 0 Å². The summed E-state index contributed by atoms with van der Waals surface area (Å²) in [5, 5.41) is 7.29. The minimum atomic E-state index is -2.18. The molecule has 0 fully saturated rings. The molecule has 0 bridgehead atoms. The van der Waals surface area contributed by atoms with Crippen molar-refractivity contribution in [2.45, 2.75) is 0 Å². The fraction of sp³-hybridized carbons (Fsp3) is 0.667. The number of halogens is 1. The van der Waals surface area contributed by atoms with Gasteiger partial charge in [0.1, 0.15) is 0 Å². The summed E-state index contributed by atoms with van der Waals surface area (Å²) in [5.74, 6) is -0.403. The molecule has 0 aliphatic carbocycles. The van der Waals surface area contributed by atoms with Gasteiger partial charge in [0, 0.05) is 0 Å². The maximum Gasteiger partial charge on any atom is 0.0975 e. The topological polar surface area (TPSA) is 104 Å². The van der Waals surface area contributed by atoms with E-state index in [4.69, 9.17) is 16.9 Å². The molecule has 8 heteroatoms. The Kier molecular flexibility index (Phi) is 12.3. The summed E-state index contributed by atoms with van der Waals surface area (Å²) in [7, 11) is 0. The summed E-state index contributed by atoms with van der Waals surface area (Å²) in [6.07, 6.45) is 0. The summed E-state index contributed by atoms with van der Waals surface area (Å²) in [6.45, 7) is 0. The molecule has 0 saturated carbocycles. The molecule has 11 heavy (non-hydrogen) atoms. The zero-order chi connectivity index (χ0) is 9.28. The highest BCUT2D eigenvalue weighted by atomic mass is 35.5. The lowest BCUT2D eigenvalue weighted by atomic mass is 10.9. The summed E-state index contributed by atoms with van der Waals surface area (Å²) in [6, 6.07) is 1.45. The average molecular weight is 218 g/mol. The molecule has 2 unspecified atom stereocenters. The zero-order valence-corrected chi connectivity index (χ0v) is 7.58. The molecular weight excluding hydrogens is 214 g/mol. The van der Waals surface area contributed by atoms with Crippen molar-refractivity contribution >= 4 is 33.8 Å². The quantitative estimate of drug-likeness (QED) is 0.456. The minimum Gasteiger partial charge on any atom is -0.772 e. The third kappa shape index (κ3) is 25.6. The van der Waals surface area contributed by atoms with Gasteiger partial charge in [-0.2, -0.15) is 5.26 Å². The Morgan fingerprint density at radius 1 is 1.36 bits per heavy atom. The Labute approximate surface area is 73.9 Å². The predicted molar refractivity (Wildman–Crippen MR) is 39.0 cm³/mol. The first-order valence-corrected chi connectivity index (χ1v) is 5.11. The molecule has 0 heterocycles. The van der Waals surface area contributed by atoms with Gasteiger partial charge in [0.15, 0.2) is 0 Å². The lowest BCUT2D eigenvalue weighted by Gasteiger charge is -1.91. The molecule has 0 aliphatic heterocycles. The molecule has 0 saturated heterocycles. The molecule has 0 amide bonds. The van der Waals surface area contributed by atoms with E-state index in [1.807, 2.05) is 0 Å². The summed E-state index contributed by atoms with van der Waals surface area (Å²) in [5.41, 5.74) is 0. The molecule has 0 aromatic heterocycles. The van der Waals surface area contributed by atoms with Crippen molar-refractivity contribution in [1.29, 1.82) is 5.26 Å². The summed E-state index contributed by atoms with van der Waals surface area (Å²) >= 11 is 0.490. The van der Waals surface area contributed by atoms with E-state index < -0.39 is 27.9 Å². The van der Waals surface area contributed by atoms with Crippen LogP contribution in [0.15, 0.2) is 0 Å². The maximum absolute atomic E-state index is 9.38. The van der Waals surface area contributed by atoms with Gasteiger partial charge in [-0.15, -0.1) is 11.6 Å². The van der Waals surface area contributed by atoms with Gasteiger partial charge in [0.25, 0.3) is 0 Å². The van der Waals surface area contributed by atoms with Gasteiger partial charge >= 0.3 is 0 Å². The third-order valence-corrected chi connectivity index (χ3v) is 1.35. The number of hydrogen-bond donors (Lipinski definition) is 0. The van der Waals surface area contributed by atoms with E-state index in [9.17, 15) is 17.5 Å². The van der Waals surface area contributed by atoms with Crippen LogP contribution in [0.25, 0.3) is 0 Å². The fourth-order valence-corrected chi connectivity index (χ4v) is 0.158. The van der Waals surface area contributed by atoms with Crippen molar-refractivity contribution in [3.05, 3.63) is 0 Å². The van der Waals surface area contributed by atoms with Crippen LogP contribution in [0.4, 0.5) is 0 Å². The molecular formula is C3H4ClNO4S2-2. The highest BCUT2D eigenvalue weighted by molar-refractivity contribution is 7.80. The van der Waals surface area contributed by atoms with E-state index in [1.54, 1.807) is 0 Å². The van der Waals surface area contributed by atoms with Crippen LogP contribution < -0.4 is 0 Å². The average Bonchev–Trinajstić information content (AvgIpc) is 1.89. The van der Waals surface area contributed by atoms with Crippen molar-refractivity contribution in [2.75, 3.05) is 11.0 Å². The molecule has 66 valence electrons. The monoisotopic (exact) mass is 217 g/mol. The molecule has 0 aliphatic rings. The molecule has 5 nitrogen and oxygen atoms in total. The van der Waals surface area contributed by atoms with Crippen molar-refractivity contribution in [3.63, 3.8) is 0 Å². The summed E-state index contributed by atoms with van der Waals surface area (Å²) < 4.78 is 37.2. The highest BCUT2D eigenvalue weighted by Crippen LogP contribution is 1.74. The second kappa shape index (κ2) is 10.0. The summed E-state index contributed by atoms with van der Waals surface area (Å²) in [4.78, 5) is 0. The predicted octanol–water partition coefficient (Wildman–Crippen LogP) is -0.549. The van der Waals surface area contributed by atoms with Crippen molar-refractivity contribution < 1.29 is 17.5 Å². The molecule has 0 radical (unpaired) electrons. The van der Waals surface area contributed by atoms with Crippen LogP contribution in [-0.2, 0) is 22.2 Å². The van der Waals surface area contributed by atoms with Crippen LogP contribution in [0.3, 0.4) is 0 Å². The number of nitrogens with zero attached hydrogens (tertiary/aromatic N) is 1. The van der Waals surface area contributed by atoms with Gasteiger partial charge in [-0.1, -0.05) is 0 Å². The molecule has 0 aromatic rings. The van der Waals surface area contributed by atoms with E-state index in [1.165, 1.54) is 6.07 Å². The van der Waals surface area contributed by atoms with Crippen LogP contribution in [0, 0.1) is 11.3 Å². The Morgan fingerprint density at radius 3 is 1.73 bits per heavy atom. The van der Waals surface area contributed by atoms with E-state index >= 15 is 0 Å². The molecule has 2 atom stereocenters. The Bertz CT molecular complexity index is 179. The van der Waals surface area contributed by atoms with Crippen LogP contribution in [0.1, 0.15) is 0 Å². The highest BCUT2D eigenvalue weighted by Gasteiger charge is 1.71. The smallest absolute Gasteiger partial charge is 0.0975 e. The maximum atomic E-state index is 9.38. The molecule has 0 spiro atoms. The largest absolute Gasteiger partial charge is 0.772 e. The Hall–Kier alpha value is -0.000000000000000111. The minimum absolute atomic E-state index is 0.306. The van der Waals surface area contributed by atoms with E-state index in [0.29, 0.717) is 0 Å². The van der Waals surface area contributed by atoms with Crippen LogP contribution in [0.5, 0.6) is 0 Å². The van der Waals surface area contributed by atoms with Gasteiger partial charge < -0.3 is 9.11 Å². The van der Waals surface area contributed by atoms with Gasteiger partial charge in [0.05, 0.1) is 17.0 Å². The van der Waals surface area contributed by atoms with E-state index in [0.717, 1.165) is 0 Å². The zero-order valence-electron chi connectivity index (χ0n) is 5.19. The van der Waals surface area contributed by atoms with Crippen LogP contribution in [-0.4, -0.2) is 28.5 Å². The van der Waals surface area contributed by atoms with E-state index in [-0.39, 0.29) is 5.21 Å². The van der Waals surface area contributed by atoms with Crippen LogP contribution in [0.2, 0.25) is 0 Å². The molecule has 0 aromatic carbocycles. The number of hydrogen-bond acceptors (Lipinski definition) is 5. The second-order valence-corrected chi connectivity index (χ2v) is 3.40. The number of rotatable bonds is 2. The van der Waals surface area contributed by atoms with Crippen molar-refractivity contribution in [1.82, 2.24) is 0 Å². The molecule has 0 rings (SSSR count).